The number of likely N-dealkylation sites (N-methyl/N-ethyl adjacent to an activating group) is 1. The molecule has 0 radical (unpaired) electrons. The lowest BCUT2D eigenvalue weighted by Gasteiger charge is -2.35. The van der Waals surface area contributed by atoms with E-state index in [9.17, 15) is 22.8 Å². The normalized spacial score (nSPS) is 16.9. The fourth-order valence-electron chi connectivity index (χ4n) is 4.33. The Kier molecular flexibility index (Phi) is 8.01. The zero-order chi connectivity index (χ0) is 28.4. The monoisotopic (exact) mass is 557 g/mol. The summed E-state index contributed by atoms with van der Waals surface area (Å²) in [5.74, 6) is 5.05. The van der Waals surface area contributed by atoms with E-state index in [1.807, 2.05) is 31.3 Å². The molecule has 39 heavy (non-hydrogen) atoms. The number of hydrogen-bond donors (Lipinski definition) is 3. The average Bonchev–Trinajstić information content (AvgIpc) is 3.41. The van der Waals surface area contributed by atoms with E-state index in [4.69, 9.17) is 9.94 Å². The van der Waals surface area contributed by atoms with Gasteiger partial charge in [-0.2, -0.15) is 0 Å². The number of likely N-dealkylation sites (tertiary alicyclic amines) is 1. The molecule has 0 unspecified atom stereocenters. The Balaban J connectivity index is 1.31. The Bertz CT molecular complexity index is 1440. The molecule has 0 bridgehead atoms. The number of sulfone groups is 1. The van der Waals surface area contributed by atoms with Crippen molar-refractivity contribution in [2.45, 2.75) is 37.3 Å². The first-order valence-corrected chi connectivity index (χ1v) is 14.2. The summed E-state index contributed by atoms with van der Waals surface area (Å²) in [7, 11) is -1.89. The number of rotatable bonds is 8. The zero-order valence-corrected chi connectivity index (χ0v) is 22.7. The highest BCUT2D eigenvalue weighted by Crippen LogP contribution is 2.25. The van der Waals surface area contributed by atoms with Crippen LogP contribution in [0.3, 0.4) is 0 Å². The molecule has 208 valence electrons. The first kappa shape index (κ1) is 28.2. The van der Waals surface area contributed by atoms with Crippen molar-refractivity contribution in [1.29, 1.82) is 0 Å². The third kappa shape index (κ3) is 6.25. The highest BCUT2D eigenvalue weighted by Gasteiger charge is 2.44. The molecule has 3 heterocycles. The third-order valence-corrected chi connectivity index (χ3v) is 9.06. The molecule has 4 rings (SSSR count). The summed E-state index contributed by atoms with van der Waals surface area (Å²) in [6, 6.07) is 8.85. The number of ether oxygens (including phenoxy) is 1. The van der Waals surface area contributed by atoms with Crippen LogP contribution in [0.25, 0.3) is 0 Å². The topological polar surface area (TPSA) is 150 Å². The van der Waals surface area contributed by atoms with Crippen molar-refractivity contribution in [2.24, 2.45) is 0 Å². The number of fused-ring (bicyclic) bond motifs is 1. The predicted molar refractivity (Wildman–Crippen MR) is 140 cm³/mol. The van der Waals surface area contributed by atoms with E-state index >= 15 is 0 Å². The Hall–Kier alpha value is -3.86. The Morgan fingerprint density at radius 1 is 1.18 bits per heavy atom. The molecule has 1 aromatic heterocycles. The van der Waals surface area contributed by atoms with Crippen molar-refractivity contribution in [2.75, 3.05) is 32.9 Å². The Morgan fingerprint density at radius 3 is 2.44 bits per heavy atom. The van der Waals surface area contributed by atoms with Crippen LogP contribution in [0.4, 0.5) is 9.59 Å². The molecule has 1 atom stereocenters. The van der Waals surface area contributed by atoms with Gasteiger partial charge in [0.2, 0.25) is 0 Å². The fraction of sp³-hybridized carbons (Fsp3) is 0.423. The average molecular weight is 558 g/mol. The number of amides is 3. The maximum Gasteiger partial charge on any atom is 0.407 e. The minimum Gasteiger partial charge on any atom is -0.444 e. The molecule has 2 aromatic rings. The SMILES string of the molecule is CN1CC(OC(=O)NCc2ccc(C#Cc3cc4n(c3)C(=O)N(CC[C@](C)(C(=O)NO)S(C)(=O)=O)C4)cc2)C1. The van der Waals surface area contributed by atoms with Crippen LogP contribution in [-0.2, 0) is 32.5 Å². The molecule has 3 N–H and O–H groups in total. The van der Waals surface area contributed by atoms with Crippen LogP contribution in [0, 0.1) is 11.8 Å². The van der Waals surface area contributed by atoms with E-state index in [-0.39, 0.29) is 31.6 Å². The van der Waals surface area contributed by atoms with Crippen molar-refractivity contribution >= 4 is 27.9 Å². The molecule has 1 fully saturated rings. The highest BCUT2D eigenvalue weighted by atomic mass is 32.2. The van der Waals surface area contributed by atoms with Gasteiger partial charge in [0.15, 0.2) is 14.6 Å². The van der Waals surface area contributed by atoms with Crippen LogP contribution in [0.1, 0.15) is 35.7 Å². The van der Waals surface area contributed by atoms with E-state index < -0.39 is 26.6 Å². The van der Waals surface area contributed by atoms with E-state index in [1.54, 1.807) is 12.3 Å². The molecule has 2 aliphatic rings. The lowest BCUT2D eigenvalue weighted by molar-refractivity contribution is -0.131. The maximum atomic E-state index is 12.8. The largest absolute Gasteiger partial charge is 0.444 e. The number of hydrogen-bond acceptors (Lipinski definition) is 8. The molecule has 2 aliphatic heterocycles. The quantitative estimate of drug-likeness (QED) is 0.246. The number of nitrogens with one attached hydrogen (secondary N) is 2. The molecular weight excluding hydrogens is 526 g/mol. The van der Waals surface area contributed by atoms with E-state index in [1.165, 1.54) is 21.9 Å². The second-order valence-corrected chi connectivity index (χ2v) is 12.5. The lowest BCUT2D eigenvalue weighted by Crippen LogP contribution is -2.51. The summed E-state index contributed by atoms with van der Waals surface area (Å²) in [6.45, 7) is 3.30. The summed E-state index contributed by atoms with van der Waals surface area (Å²) in [5, 5.41) is 11.7. The van der Waals surface area contributed by atoms with Gasteiger partial charge in [-0.05, 0) is 44.2 Å². The highest BCUT2D eigenvalue weighted by molar-refractivity contribution is 7.92. The summed E-state index contributed by atoms with van der Waals surface area (Å²) in [4.78, 5) is 40.2. The molecule has 0 aliphatic carbocycles. The summed E-state index contributed by atoms with van der Waals surface area (Å²) < 4.78 is 29.2. The van der Waals surface area contributed by atoms with Gasteiger partial charge in [-0.1, -0.05) is 24.0 Å². The van der Waals surface area contributed by atoms with Gasteiger partial charge in [-0.25, -0.2) is 23.5 Å². The third-order valence-electron chi connectivity index (χ3n) is 7.03. The Morgan fingerprint density at radius 2 is 1.85 bits per heavy atom. The molecule has 0 spiro atoms. The van der Waals surface area contributed by atoms with E-state index in [0.717, 1.165) is 30.5 Å². The summed E-state index contributed by atoms with van der Waals surface area (Å²) >= 11 is 0. The first-order chi connectivity index (χ1) is 18.4. The summed E-state index contributed by atoms with van der Waals surface area (Å²) in [5.41, 5.74) is 4.41. The van der Waals surface area contributed by atoms with Gasteiger partial charge in [0.1, 0.15) is 6.10 Å². The molecule has 1 aromatic carbocycles. The first-order valence-electron chi connectivity index (χ1n) is 12.3. The van der Waals surface area contributed by atoms with Crippen molar-refractivity contribution in [1.82, 2.24) is 25.2 Å². The van der Waals surface area contributed by atoms with Crippen molar-refractivity contribution in [3.8, 4) is 11.8 Å². The van der Waals surface area contributed by atoms with Crippen LogP contribution < -0.4 is 10.8 Å². The minimum absolute atomic E-state index is 0.00929. The number of alkyl carbamates (subject to hydrolysis) is 1. The second kappa shape index (κ2) is 11.1. The van der Waals surface area contributed by atoms with Crippen LogP contribution in [-0.4, -0.2) is 89.8 Å². The van der Waals surface area contributed by atoms with Crippen molar-refractivity contribution in [3.05, 3.63) is 58.9 Å². The van der Waals surface area contributed by atoms with Crippen LogP contribution in [0.5, 0.6) is 0 Å². The molecule has 0 saturated carbocycles. The molecule has 13 heteroatoms. The van der Waals surface area contributed by atoms with Crippen molar-refractivity contribution in [3.63, 3.8) is 0 Å². The van der Waals surface area contributed by atoms with Crippen LogP contribution >= 0.6 is 0 Å². The standard InChI is InChI=1S/C26H31N5O7S/c1-26(23(32)28-35,39(3,36)37)10-11-30-15-21-12-20(14-31(21)25(30)34)9-6-18-4-7-19(8-5-18)13-27-24(33)38-22-16-29(2)17-22/h4-5,7-8,12,14,22,35H,10-11,13,15-17H2,1-3H3,(H,27,33)(H,28,32)/t26-/m1/s1. The number of nitrogens with zero attached hydrogens (tertiary/aromatic N) is 3. The van der Waals surface area contributed by atoms with E-state index in [2.05, 4.69) is 22.1 Å². The molecular formula is C26H31N5O7S. The number of aromatic nitrogens is 1. The van der Waals surface area contributed by atoms with Gasteiger partial charge in [0.05, 0.1) is 6.54 Å². The van der Waals surface area contributed by atoms with Crippen molar-refractivity contribution < 1.29 is 32.7 Å². The zero-order valence-electron chi connectivity index (χ0n) is 21.9. The van der Waals surface area contributed by atoms with Gasteiger partial charge < -0.3 is 15.0 Å². The summed E-state index contributed by atoms with van der Waals surface area (Å²) in [6.07, 6.45) is 1.86. The maximum absolute atomic E-state index is 12.8. The van der Waals surface area contributed by atoms with Gasteiger partial charge in [-0.15, -0.1) is 0 Å². The fourth-order valence-corrected chi connectivity index (χ4v) is 5.18. The Labute approximate surface area is 226 Å². The minimum atomic E-state index is -3.86. The number of hydroxylamine groups is 1. The molecule has 1 saturated heterocycles. The van der Waals surface area contributed by atoms with Crippen LogP contribution in [0.2, 0.25) is 0 Å². The molecule has 3 amide bonds. The molecule has 12 nitrogen and oxygen atoms in total. The second-order valence-electron chi connectivity index (χ2n) is 10.0. The van der Waals surface area contributed by atoms with E-state index in [0.29, 0.717) is 17.8 Å². The number of carbonyl (C=O) groups is 3. The van der Waals surface area contributed by atoms with Gasteiger partial charge in [-0.3, -0.25) is 19.5 Å². The lowest BCUT2D eigenvalue weighted by atomic mass is 10.1. The smallest absolute Gasteiger partial charge is 0.407 e. The van der Waals surface area contributed by atoms with Gasteiger partial charge >= 0.3 is 12.1 Å². The van der Waals surface area contributed by atoms with Gasteiger partial charge in [0, 0.05) is 55.5 Å². The number of benzene rings is 1. The predicted octanol–water partition coefficient (Wildman–Crippen LogP) is 0.911. The van der Waals surface area contributed by atoms with Crippen LogP contribution in [0.15, 0.2) is 36.5 Å². The number of carbonyl (C=O) groups excluding carboxylic acids is 3. The van der Waals surface area contributed by atoms with Gasteiger partial charge in [0.25, 0.3) is 5.91 Å².